The highest BCUT2D eigenvalue weighted by Gasteiger charge is 2.25. The molecule has 0 aliphatic carbocycles. The number of methoxy groups -OCH3 is 1. The Morgan fingerprint density at radius 3 is 2.77 bits per heavy atom. The molecule has 0 radical (unpaired) electrons. The van der Waals surface area contributed by atoms with Gasteiger partial charge in [0.2, 0.25) is 0 Å². The number of furan rings is 1. The molecule has 0 saturated carbocycles. The summed E-state index contributed by atoms with van der Waals surface area (Å²) >= 11 is 1.43. The van der Waals surface area contributed by atoms with Crippen molar-refractivity contribution in [2.45, 2.75) is 6.54 Å². The number of carbonyl (C=O) groups excluding carboxylic acids is 1. The Morgan fingerprint density at radius 1 is 1.10 bits per heavy atom. The highest BCUT2D eigenvalue weighted by Crippen LogP contribution is 2.33. The van der Waals surface area contributed by atoms with Crippen LogP contribution in [0.4, 0.5) is 5.13 Å². The lowest BCUT2D eigenvalue weighted by Gasteiger charge is -2.18. The molecule has 7 heteroatoms. The first-order chi connectivity index (χ1) is 14.7. The second-order valence-electron chi connectivity index (χ2n) is 6.69. The SMILES string of the molecule is COc1ccc2nc(N(Cc3ccccn3)C(=O)c3cc4ccccc4o3)sc2c1. The molecule has 2 aromatic carbocycles. The Bertz CT molecular complexity index is 1310. The fourth-order valence-electron chi connectivity index (χ4n) is 3.24. The van der Waals surface area contributed by atoms with Gasteiger partial charge in [-0.3, -0.25) is 14.7 Å². The lowest BCUT2D eigenvalue weighted by atomic mass is 10.2. The number of rotatable bonds is 5. The van der Waals surface area contributed by atoms with Crippen molar-refractivity contribution in [2.24, 2.45) is 0 Å². The molecule has 30 heavy (non-hydrogen) atoms. The first kappa shape index (κ1) is 18.3. The van der Waals surface area contributed by atoms with E-state index in [2.05, 4.69) is 9.97 Å². The van der Waals surface area contributed by atoms with Crippen molar-refractivity contribution in [3.05, 3.63) is 84.4 Å². The van der Waals surface area contributed by atoms with Crippen LogP contribution >= 0.6 is 11.3 Å². The summed E-state index contributed by atoms with van der Waals surface area (Å²) in [5.41, 5.74) is 2.24. The zero-order valence-corrected chi connectivity index (χ0v) is 16.9. The van der Waals surface area contributed by atoms with Gasteiger partial charge >= 0.3 is 0 Å². The monoisotopic (exact) mass is 415 g/mol. The molecule has 3 aromatic heterocycles. The van der Waals surface area contributed by atoms with Crippen LogP contribution in [0.3, 0.4) is 0 Å². The molecule has 1 amide bonds. The fraction of sp³-hybridized carbons (Fsp3) is 0.0870. The van der Waals surface area contributed by atoms with Gasteiger partial charge in [0.25, 0.3) is 5.91 Å². The van der Waals surface area contributed by atoms with Crippen LogP contribution in [-0.4, -0.2) is 23.0 Å². The fourth-order valence-corrected chi connectivity index (χ4v) is 4.23. The minimum Gasteiger partial charge on any atom is -0.497 e. The number of para-hydroxylation sites is 1. The normalized spacial score (nSPS) is 11.1. The van der Waals surface area contributed by atoms with E-state index in [4.69, 9.17) is 9.15 Å². The van der Waals surface area contributed by atoms with Crippen molar-refractivity contribution < 1.29 is 13.9 Å². The number of pyridine rings is 1. The number of ether oxygens (including phenoxy) is 1. The topological polar surface area (TPSA) is 68.5 Å². The molecule has 0 aliphatic heterocycles. The number of aromatic nitrogens is 2. The summed E-state index contributed by atoms with van der Waals surface area (Å²) in [5, 5.41) is 1.46. The van der Waals surface area contributed by atoms with Gasteiger partial charge in [0.05, 0.1) is 29.6 Å². The van der Waals surface area contributed by atoms with E-state index in [0.29, 0.717) is 10.7 Å². The lowest BCUT2D eigenvalue weighted by Crippen LogP contribution is -2.30. The van der Waals surface area contributed by atoms with E-state index in [-0.39, 0.29) is 18.2 Å². The summed E-state index contributed by atoms with van der Waals surface area (Å²) < 4.78 is 12.1. The van der Waals surface area contributed by atoms with Crippen molar-refractivity contribution in [1.29, 1.82) is 0 Å². The molecular formula is C23H17N3O3S. The number of hydrogen-bond acceptors (Lipinski definition) is 6. The predicted molar refractivity (Wildman–Crippen MR) is 117 cm³/mol. The number of benzene rings is 2. The smallest absolute Gasteiger partial charge is 0.296 e. The molecule has 5 rings (SSSR count). The van der Waals surface area contributed by atoms with Crippen LogP contribution in [0.2, 0.25) is 0 Å². The van der Waals surface area contributed by atoms with Crippen molar-refractivity contribution >= 4 is 43.6 Å². The van der Waals surface area contributed by atoms with E-state index in [0.717, 1.165) is 27.0 Å². The van der Waals surface area contributed by atoms with Crippen molar-refractivity contribution in [3.8, 4) is 5.75 Å². The number of carbonyl (C=O) groups is 1. The summed E-state index contributed by atoms with van der Waals surface area (Å²) in [6.07, 6.45) is 1.71. The van der Waals surface area contributed by atoms with Gasteiger partial charge in [-0.25, -0.2) is 4.98 Å². The van der Waals surface area contributed by atoms with Crippen molar-refractivity contribution in [3.63, 3.8) is 0 Å². The summed E-state index contributed by atoms with van der Waals surface area (Å²) in [5.74, 6) is 0.754. The number of anilines is 1. The molecular weight excluding hydrogens is 398 g/mol. The molecule has 0 saturated heterocycles. The summed E-state index contributed by atoms with van der Waals surface area (Å²) in [4.78, 5) is 24.1. The van der Waals surface area contributed by atoms with E-state index in [9.17, 15) is 4.79 Å². The molecule has 6 nitrogen and oxygen atoms in total. The van der Waals surface area contributed by atoms with E-state index in [1.807, 2.05) is 60.7 Å². The Morgan fingerprint density at radius 2 is 1.97 bits per heavy atom. The molecule has 0 bridgehead atoms. The molecule has 3 heterocycles. The average molecular weight is 415 g/mol. The third kappa shape index (κ3) is 3.40. The quantitative estimate of drug-likeness (QED) is 0.390. The standard InChI is InChI=1S/C23H17N3O3S/c1-28-17-9-10-18-21(13-17)30-23(25-18)26(14-16-7-4-5-11-24-16)22(27)20-12-15-6-2-3-8-19(15)29-20/h2-13H,14H2,1H3. The summed E-state index contributed by atoms with van der Waals surface area (Å²) in [7, 11) is 1.63. The maximum atomic E-state index is 13.5. The molecule has 0 fully saturated rings. The first-order valence-corrected chi connectivity index (χ1v) is 10.2. The van der Waals surface area contributed by atoms with Gasteiger partial charge in [0.1, 0.15) is 11.3 Å². The van der Waals surface area contributed by atoms with Crippen molar-refractivity contribution in [2.75, 3.05) is 12.0 Å². The number of nitrogens with zero attached hydrogens (tertiary/aromatic N) is 3. The molecule has 0 atom stereocenters. The van der Waals surface area contributed by atoms with Crippen molar-refractivity contribution in [1.82, 2.24) is 9.97 Å². The van der Waals surface area contributed by atoms with Crippen LogP contribution < -0.4 is 9.64 Å². The summed E-state index contributed by atoms with van der Waals surface area (Å²) in [6.45, 7) is 0.285. The number of hydrogen-bond donors (Lipinski definition) is 0. The third-order valence-electron chi connectivity index (χ3n) is 4.74. The highest BCUT2D eigenvalue weighted by molar-refractivity contribution is 7.22. The number of amides is 1. The van der Waals surface area contributed by atoms with Crippen LogP contribution in [0.25, 0.3) is 21.2 Å². The first-order valence-electron chi connectivity index (χ1n) is 9.36. The van der Waals surface area contributed by atoms with Crippen LogP contribution in [0.1, 0.15) is 16.2 Å². The van der Waals surface area contributed by atoms with Gasteiger partial charge in [-0.15, -0.1) is 0 Å². The second kappa shape index (κ2) is 7.61. The van der Waals surface area contributed by atoms with Crippen LogP contribution in [-0.2, 0) is 6.54 Å². The van der Waals surface area contributed by atoms with E-state index in [1.165, 1.54) is 11.3 Å². The third-order valence-corrected chi connectivity index (χ3v) is 5.78. The van der Waals surface area contributed by atoms with Crippen LogP contribution in [0.5, 0.6) is 5.75 Å². The highest BCUT2D eigenvalue weighted by atomic mass is 32.1. The average Bonchev–Trinajstić information content (AvgIpc) is 3.41. The van der Waals surface area contributed by atoms with Crippen LogP contribution in [0, 0.1) is 0 Å². The molecule has 0 N–H and O–H groups in total. The van der Waals surface area contributed by atoms with Crippen LogP contribution in [0.15, 0.2) is 77.3 Å². The Kier molecular flexibility index (Phi) is 4.65. The van der Waals surface area contributed by atoms with Gasteiger partial charge in [-0.05, 0) is 42.5 Å². The Hall–Kier alpha value is -3.71. The largest absolute Gasteiger partial charge is 0.497 e. The molecule has 5 aromatic rings. The number of thiazole rings is 1. The molecule has 148 valence electrons. The minimum absolute atomic E-state index is 0.261. The van der Waals surface area contributed by atoms with E-state index in [1.54, 1.807) is 24.3 Å². The molecule has 0 aliphatic rings. The van der Waals surface area contributed by atoms with Gasteiger partial charge < -0.3 is 9.15 Å². The maximum Gasteiger partial charge on any atom is 0.296 e. The van der Waals surface area contributed by atoms with Gasteiger partial charge in [-0.2, -0.15) is 0 Å². The number of fused-ring (bicyclic) bond motifs is 2. The molecule has 0 unspecified atom stereocenters. The van der Waals surface area contributed by atoms with Gasteiger partial charge in [0, 0.05) is 11.6 Å². The zero-order chi connectivity index (χ0) is 20.5. The zero-order valence-electron chi connectivity index (χ0n) is 16.1. The Labute approximate surface area is 176 Å². The summed E-state index contributed by atoms with van der Waals surface area (Å²) in [6, 6.07) is 20.6. The van der Waals surface area contributed by atoms with E-state index >= 15 is 0 Å². The van der Waals surface area contributed by atoms with E-state index < -0.39 is 0 Å². The second-order valence-corrected chi connectivity index (χ2v) is 7.70. The predicted octanol–water partition coefficient (Wildman–Crippen LogP) is 5.29. The Balaban J connectivity index is 1.58. The lowest BCUT2D eigenvalue weighted by molar-refractivity contribution is 0.0960. The minimum atomic E-state index is -0.261. The molecule has 0 spiro atoms. The van der Waals surface area contributed by atoms with Gasteiger partial charge in [0.15, 0.2) is 10.9 Å². The van der Waals surface area contributed by atoms with Gasteiger partial charge in [-0.1, -0.05) is 35.6 Å². The maximum absolute atomic E-state index is 13.5.